The molecule has 1 fully saturated rings. The number of carbonyl (C=O) groups is 2. The van der Waals surface area contributed by atoms with Crippen LogP contribution in [0.25, 0.3) is 0 Å². The fourth-order valence-electron chi connectivity index (χ4n) is 2.63. The summed E-state index contributed by atoms with van der Waals surface area (Å²) in [7, 11) is 0. The van der Waals surface area contributed by atoms with Gasteiger partial charge >= 0.3 is 0 Å². The number of nitrogens with zero attached hydrogens (tertiary/aromatic N) is 2. The third-order valence-electron chi connectivity index (χ3n) is 3.76. The first-order chi connectivity index (χ1) is 11.3. The number of hydrogen-bond acceptors (Lipinski definition) is 4. The van der Waals surface area contributed by atoms with Crippen LogP contribution in [-0.4, -0.2) is 29.6 Å². The quantitative estimate of drug-likeness (QED) is 0.503. The van der Waals surface area contributed by atoms with Crippen molar-refractivity contribution < 1.29 is 9.59 Å². The second-order valence-electron chi connectivity index (χ2n) is 5.26. The molecule has 6 heteroatoms. The minimum absolute atomic E-state index is 0.183. The summed E-state index contributed by atoms with van der Waals surface area (Å²) in [6.07, 6.45) is 4.78. The van der Waals surface area contributed by atoms with E-state index in [4.69, 9.17) is 0 Å². The predicted octanol–water partition coefficient (Wildman–Crippen LogP) is 1.06. The molecule has 2 aromatic rings. The summed E-state index contributed by atoms with van der Waals surface area (Å²) in [6.45, 7) is 0.452. The Hall–Kier alpha value is -3.02. The minimum Gasteiger partial charge on any atom is -0.355 e. The first-order valence-corrected chi connectivity index (χ1v) is 7.31. The molecule has 2 N–H and O–H groups in total. The number of pyridine rings is 1. The van der Waals surface area contributed by atoms with Crippen molar-refractivity contribution in [2.24, 2.45) is 11.0 Å². The van der Waals surface area contributed by atoms with Gasteiger partial charge in [0.2, 0.25) is 5.91 Å². The van der Waals surface area contributed by atoms with E-state index in [-0.39, 0.29) is 11.8 Å². The molecule has 6 nitrogen and oxygen atoms in total. The number of benzene rings is 1. The molecule has 2 amide bonds. The van der Waals surface area contributed by atoms with Crippen LogP contribution >= 0.6 is 0 Å². The van der Waals surface area contributed by atoms with Crippen LogP contribution in [-0.2, 0) is 9.59 Å². The molecule has 0 saturated carbocycles. The van der Waals surface area contributed by atoms with Gasteiger partial charge < -0.3 is 5.32 Å². The molecule has 23 heavy (non-hydrogen) atoms. The molecule has 1 aromatic carbocycles. The Balaban J connectivity index is 1.70. The highest BCUT2D eigenvalue weighted by Gasteiger charge is 2.40. The normalized spacial score (nSPS) is 20.4. The highest BCUT2D eigenvalue weighted by atomic mass is 16.2. The summed E-state index contributed by atoms with van der Waals surface area (Å²) >= 11 is 0. The minimum atomic E-state index is -0.775. The van der Waals surface area contributed by atoms with E-state index in [9.17, 15) is 9.59 Å². The van der Waals surface area contributed by atoms with E-state index in [1.807, 2.05) is 36.4 Å². The first kappa shape index (κ1) is 14.9. The lowest BCUT2D eigenvalue weighted by molar-refractivity contribution is -0.133. The van der Waals surface area contributed by atoms with E-state index < -0.39 is 11.8 Å². The standard InChI is InChI=1S/C17H16N4O2/c22-16-15(14(11-19-16)13-6-2-1-3-7-13)17(23)21-20-10-12-5-4-8-18-9-12/h1-10,14-15H,11H2,(H,19,22)(H,21,23)/b20-10+/t14-,15-/m0/s1. The molecule has 0 radical (unpaired) electrons. The summed E-state index contributed by atoms with van der Waals surface area (Å²) in [5.41, 5.74) is 4.17. The molecular weight excluding hydrogens is 292 g/mol. The largest absolute Gasteiger partial charge is 0.355 e. The van der Waals surface area contributed by atoms with Crippen molar-refractivity contribution >= 4 is 18.0 Å². The Morgan fingerprint density at radius 1 is 1.26 bits per heavy atom. The van der Waals surface area contributed by atoms with Crippen molar-refractivity contribution in [3.8, 4) is 0 Å². The lowest BCUT2D eigenvalue weighted by Gasteiger charge is -2.15. The van der Waals surface area contributed by atoms with Crippen LogP contribution in [0.2, 0.25) is 0 Å². The van der Waals surface area contributed by atoms with Crippen molar-refractivity contribution in [3.05, 3.63) is 66.0 Å². The second-order valence-corrected chi connectivity index (χ2v) is 5.26. The van der Waals surface area contributed by atoms with E-state index in [1.54, 1.807) is 18.5 Å². The summed E-state index contributed by atoms with van der Waals surface area (Å²) in [5.74, 6) is -1.64. The van der Waals surface area contributed by atoms with E-state index in [1.165, 1.54) is 6.21 Å². The molecule has 1 aromatic heterocycles. The van der Waals surface area contributed by atoms with E-state index in [2.05, 4.69) is 20.8 Å². The summed E-state index contributed by atoms with van der Waals surface area (Å²) in [6, 6.07) is 13.1. The third-order valence-corrected chi connectivity index (χ3v) is 3.76. The van der Waals surface area contributed by atoms with Gasteiger partial charge in [0.1, 0.15) is 5.92 Å². The molecule has 1 aliphatic heterocycles. The molecule has 0 unspecified atom stereocenters. The summed E-state index contributed by atoms with van der Waals surface area (Å²) in [4.78, 5) is 28.3. The highest BCUT2D eigenvalue weighted by Crippen LogP contribution is 2.28. The van der Waals surface area contributed by atoms with Gasteiger partial charge in [-0.25, -0.2) is 5.43 Å². The fraction of sp³-hybridized carbons (Fsp3) is 0.176. The average molecular weight is 308 g/mol. The van der Waals surface area contributed by atoms with E-state index in [0.717, 1.165) is 11.1 Å². The Morgan fingerprint density at radius 3 is 2.83 bits per heavy atom. The topological polar surface area (TPSA) is 83.5 Å². The molecule has 0 spiro atoms. The van der Waals surface area contributed by atoms with Crippen LogP contribution in [0.5, 0.6) is 0 Å². The van der Waals surface area contributed by atoms with Gasteiger partial charge in [-0.05, 0) is 11.6 Å². The van der Waals surface area contributed by atoms with Crippen molar-refractivity contribution in [3.63, 3.8) is 0 Å². The van der Waals surface area contributed by atoms with Crippen molar-refractivity contribution in [1.29, 1.82) is 0 Å². The number of aromatic nitrogens is 1. The molecule has 2 atom stereocenters. The summed E-state index contributed by atoms with van der Waals surface area (Å²) < 4.78 is 0. The van der Waals surface area contributed by atoms with Crippen LogP contribution in [0.1, 0.15) is 17.0 Å². The molecule has 2 heterocycles. The van der Waals surface area contributed by atoms with Gasteiger partial charge in [-0.2, -0.15) is 5.10 Å². The van der Waals surface area contributed by atoms with Crippen molar-refractivity contribution in [2.75, 3.05) is 6.54 Å². The molecule has 3 rings (SSSR count). The van der Waals surface area contributed by atoms with Crippen molar-refractivity contribution in [2.45, 2.75) is 5.92 Å². The fourth-order valence-corrected chi connectivity index (χ4v) is 2.63. The van der Waals surface area contributed by atoms with Gasteiger partial charge in [-0.3, -0.25) is 14.6 Å². The number of rotatable bonds is 4. The van der Waals surface area contributed by atoms with Gasteiger partial charge in [-0.1, -0.05) is 36.4 Å². The highest BCUT2D eigenvalue weighted by molar-refractivity contribution is 6.03. The molecule has 0 bridgehead atoms. The Morgan fingerprint density at radius 2 is 2.09 bits per heavy atom. The van der Waals surface area contributed by atoms with Crippen LogP contribution in [0.15, 0.2) is 60.0 Å². The maximum absolute atomic E-state index is 12.3. The number of nitrogens with one attached hydrogen (secondary N) is 2. The SMILES string of the molecule is O=C1NC[C@@H](c2ccccc2)[C@@H]1C(=O)N/N=C/c1cccnc1. The number of hydrogen-bond donors (Lipinski definition) is 2. The Bertz CT molecular complexity index is 716. The molecular formula is C17H16N4O2. The zero-order chi connectivity index (χ0) is 16.1. The number of amides is 2. The van der Waals surface area contributed by atoms with Gasteiger partial charge in [0, 0.05) is 30.4 Å². The molecule has 1 aliphatic rings. The maximum atomic E-state index is 12.3. The van der Waals surface area contributed by atoms with E-state index in [0.29, 0.717) is 6.54 Å². The molecule has 1 saturated heterocycles. The van der Waals surface area contributed by atoms with Gasteiger partial charge in [0.05, 0.1) is 6.21 Å². The van der Waals surface area contributed by atoms with Crippen LogP contribution < -0.4 is 10.7 Å². The van der Waals surface area contributed by atoms with Crippen LogP contribution in [0.4, 0.5) is 0 Å². The van der Waals surface area contributed by atoms with Gasteiger partial charge in [0.25, 0.3) is 5.91 Å². The number of hydrazone groups is 1. The molecule has 116 valence electrons. The monoisotopic (exact) mass is 308 g/mol. The zero-order valence-electron chi connectivity index (χ0n) is 12.3. The van der Waals surface area contributed by atoms with Crippen LogP contribution in [0.3, 0.4) is 0 Å². The Labute approximate surface area is 133 Å². The Kier molecular flexibility index (Phi) is 4.42. The lowest BCUT2D eigenvalue weighted by atomic mass is 9.88. The first-order valence-electron chi connectivity index (χ1n) is 7.31. The average Bonchev–Trinajstić information content (AvgIpc) is 2.98. The lowest BCUT2D eigenvalue weighted by Crippen LogP contribution is -2.34. The number of carbonyl (C=O) groups excluding carboxylic acids is 2. The second kappa shape index (κ2) is 6.83. The molecule has 0 aliphatic carbocycles. The van der Waals surface area contributed by atoms with Gasteiger partial charge in [-0.15, -0.1) is 0 Å². The van der Waals surface area contributed by atoms with E-state index >= 15 is 0 Å². The van der Waals surface area contributed by atoms with Crippen LogP contribution in [0, 0.1) is 5.92 Å². The van der Waals surface area contributed by atoms with Crippen molar-refractivity contribution in [1.82, 2.24) is 15.7 Å². The smallest absolute Gasteiger partial charge is 0.253 e. The van der Waals surface area contributed by atoms with Gasteiger partial charge in [0.15, 0.2) is 0 Å². The maximum Gasteiger partial charge on any atom is 0.253 e. The third kappa shape index (κ3) is 3.42. The zero-order valence-corrected chi connectivity index (χ0v) is 12.3. The summed E-state index contributed by atoms with van der Waals surface area (Å²) in [5, 5.41) is 6.65. The predicted molar refractivity (Wildman–Crippen MR) is 85.7 cm³/mol.